The fraction of sp³-hybridized carbons (Fsp3) is 0.235. The second-order valence-electron chi connectivity index (χ2n) is 5.41. The van der Waals surface area contributed by atoms with E-state index < -0.39 is 0 Å². The number of hydrogen-bond acceptors (Lipinski definition) is 4. The van der Waals surface area contributed by atoms with Crippen molar-refractivity contribution in [3.05, 3.63) is 52.2 Å². The van der Waals surface area contributed by atoms with E-state index in [1.165, 1.54) is 11.3 Å². The predicted octanol–water partition coefficient (Wildman–Crippen LogP) is 2.25. The summed E-state index contributed by atoms with van der Waals surface area (Å²) in [6.45, 7) is 3.62. The van der Waals surface area contributed by atoms with E-state index >= 15 is 0 Å². The zero-order valence-electron chi connectivity index (χ0n) is 13.5. The lowest BCUT2D eigenvalue weighted by Gasteiger charge is -2.09. The summed E-state index contributed by atoms with van der Waals surface area (Å²) in [5.74, 6) is -0.768. The highest BCUT2D eigenvalue weighted by Crippen LogP contribution is 2.14. The number of benzene rings is 1. The van der Waals surface area contributed by atoms with Crippen LogP contribution in [0.5, 0.6) is 0 Å². The Labute approximate surface area is 144 Å². The van der Waals surface area contributed by atoms with Crippen molar-refractivity contribution in [1.82, 2.24) is 10.6 Å². The van der Waals surface area contributed by atoms with Crippen molar-refractivity contribution < 1.29 is 14.4 Å². The van der Waals surface area contributed by atoms with Crippen molar-refractivity contribution in [3.63, 3.8) is 0 Å². The molecule has 0 saturated heterocycles. The van der Waals surface area contributed by atoms with E-state index in [0.29, 0.717) is 16.1 Å². The zero-order valence-corrected chi connectivity index (χ0v) is 14.3. The number of rotatable bonds is 6. The van der Waals surface area contributed by atoms with E-state index in [9.17, 15) is 14.4 Å². The van der Waals surface area contributed by atoms with E-state index in [2.05, 4.69) is 16.0 Å². The van der Waals surface area contributed by atoms with E-state index in [1.54, 1.807) is 30.3 Å². The lowest BCUT2D eigenvalue weighted by molar-refractivity contribution is -0.120. The van der Waals surface area contributed by atoms with Gasteiger partial charge in [0.2, 0.25) is 5.91 Å². The Bertz CT molecular complexity index is 709. The molecule has 0 fully saturated rings. The van der Waals surface area contributed by atoms with Crippen molar-refractivity contribution in [3.8, 4) is 0 Å². The van der Waals surface area contributed by atoms with Crippen LogP contribution < -0.4 is 16.0 Å². The highest BCUT2D eigenvalue weighted by molar-refractivity contribution is 7.12. The van der Waals surface area contributed by atoms with Gasteiger partial charge in [-0.05, 0) is 49.6 Å². The van der Waals surface area contributed by atoms with Crippen molar-refractivity contribution >= 4 is 34.7 Å². The maximum absolute atomic E-state index is 12.0. The maximum Gasteiger partial charge on any atom is 0.265 e. The van der Waals surface area contributed by atoms with Gasteiger partial charge in [-0.15, -0.1) is 11.3 Å². The zero-order chi connectivity index (χ0) is 17.5. The van der Waals surface area contributed by atoms with Crippen LogP contribution in [0.15, 0.2) is 41.8 Å². The molecule has 0 radical (unpaired) electrons. The molecule has 0 aliphatic rings. The van der Waals surface area contributed by atoms with Crippen molar-refractivity contribution in [1.29, 1.82) is 0 Å². The predicted molar refractivity (Wildman–Crippen MR) is 94.3 cm³/mol. The Kier molecular flexibility index (Phi) is 6.08. The molecule has 0 atom stereocenters. The molecule has 6 nitrogen and oxygen atoms in total. The summed E-state index contributed by atoms with van der Waals surface area (Å²) in [4.78, 5) is 36.0. The maximum atomic E-state index is 12.0. The largest absolute Gasteiger partial charge is 0.352 e. The minimum Gasteiger partial charge on any atom is -0.352 e. The Balaban J connectivity index is 1.88. The van der Waals surface area contributed by atoms with Gasteiger partial charge in [-0.25, -0.2) is 0 Å². The van der Waals surface area contributed by atoms with Crippen molar-refractivity contribution in [2.24, 2.45) is 0 Å². The first-order chi connectivity index (χ1) is 11.5. The van der Waals surface area contributed by atoms with Crippen LogP contribution in [0, 0.1) is 0 Å². The Morgan fingerprint density at radius 1 is 1.04 bits per heavy atom. The summed E-state index contributed by atoms with van der Waals surface area (Å²) in [7, 11) is 0. The second kappa shape index (κ2) is 8.26. The van der Waals surface area contributed by atoms with Crippen LogP contribution in [-0.2, 0) is 4.79 Å². The highest BCUT2D eigenvalue weighted by atomic mass is 32.1. The summed E-state index contributed by atoms with van der Waals surface area (Å²) >= 11 is 1.36. The molecule has 2 rings (SSSR count). The fourth-order valence-corrected chi connectivity index (χ4v) is 2.56. The molecule has 0 spiro atoms. The number of carbonyl (C=O) groups excluding carboxylic acids is 3. The lowest BCUT2D eigenvalue weighted by atomic mass is 10.2. The standard InChI is InChI=1S/C17H19N3O3S/c1-11(2)19-15(21)10-18-16(22)12-5-7-13(8-6-12)20-17(23)14-4-3-9-24-14/h3-9,11H,10H2,1-2H3,(H,18,22)(H,19,21)(H,20,23). The van der Waals surface area contributed by atoms with Gasteiger partial charge in [0.15, 0.2) is 0 Å². The van der Waals surface area contributed by atoms with Crippen LogP contribution in [-0.4, -0.2) is 30.3 Å². The molecule has 3 amide bonds. The topological polar surface area (TPSA) is 87.3 Å². The van der Waals surface area contributed by atoms with E-state index in [0.717, 1.165) is 0 Å². The fourth-order valence-electron chi connectivity index (χ4n) is 1.94. The number of thiophene rings is 1. The van der Waals surface area contributed by atoms with Gasteiger partial charge in [0.25, 0.3) is 11.8 Å². The molecule has 0 aliphatic carbocycles. The highest BCUT2D eigenvalue weighted by Gasteiger charge is 2.10. The molecule has 126 valence electrons. The average Bonchev–Trinajstić information content (AvgIpc) is 3.07. The molecular weight excluding hydrogens is 326 g/mol. The van der Waals surface area contributed by atoms with Crippen LogP contribution in [0.4, 0.5) is 5.69 Å². The first-order valence-corrected chi connectivity index (χ1v) is 8.36. The van der Waals surface area contributed by atoms with Crippen molar-refractivity contribution in [2.75, 3.05) is 11.9 Å². The van der Waals surface area contributed by atoms with Gasteiger partial charge >= 0.3 is 0 Å². The molecule has 1 aromatic heterocycles. The molecule has 1 aromatic carbocycles. The number of anilines is 1. The van der Waals surface area contributed by atoms with Gasteiger partial charge in [0, 0.05) is 17.3 Å². The Morgan fingerprint density at radius 2 is 1.75 bits per heavy atom. The van der Waals surface area contributed by atoms with Gasteiger partial charge in [0.1, 0.15) is 0 Å². The van der Waals surface area contributed by atoms with Gasteiger partial charge in [0.05, 0.1) is 11.4 Å². The van der Waals surface area contributed by atoms with Gasteiger partial charge in [-0.1, -0.05) is 6.07 Å². The molecule has 2 aromatic rings. The smallest absolute Gasteiger partial charge is 0.265 e. The monoisotopic (exact) mass is 345 g/mol. The van der Waals surface area contributed by atoms with Crippen LogP contribution in [0.25, 0.3) is 0 Å². The summed E-state index contributed by atoms with van der Waals surface area (Å²) in [5.41, 5.74) is 1.02. The molecule has 24 heavy (non-hydrogen) atoms. The molecule has 3 N–H and O–H groups in total. The van der Waals surface area contributed by atoms with Crippen LogP contribution >= 0.6 is 11.3 Å². The minimum absolute atomic E-state index is 0.0284. The van der Waals surface area contributed by atoms with Crippen LogP contribution in [0.3, 0.4) is 0 Å². The van der Waals surface area contributed by atoms with E-state index in [4.69, 9.17) is 0 Å². The molecule has 0 saturated carbocycles. The van der Waals surface area contributed by atoms with Gasteiger partial charge < -0.3 is 16.0 Å². The van der Waals surface area contributed by atoms with Crippen molar-refractivity contribution in [2.45, 2.75) is 19.9 Å². The number of carbonyl (C=O) groups is 3. The van der Waals surface area contributed by atoms with Crippen LogP contribution in [0.2, 0.25) is 0 Å². The Hall–Kier alpha value is -2.67. The third kappa shape index (κ3) is 5.20. The lowest BCUT2D eigenvalue weighted by Crippen LogP contribution is -2.39. The summed E-state index contributed by atoms with van der Waals surface area (Å²) in [6.07, 6.45) is 0. The molecule has 1 heterocycles. The van der Waals surface area contributed by atoms with E-state index in [1.807, 2.05) is 25.3 Å². The second-order valence-corrected chi connectivity index (χ2v) is 6.36. The van der Waals surface area contributed by atoms with Crippen LogP contribution in [0.1, 0.15) is 33.9 Å². The van der Waals surface area contributed by atoms with Gasteiger partial charge in [-0.2, -0.15) is 0 Å². The molecular formula is C17H19N3O3S. The van der Waals surface area contributed by atoms with Gasteiger partial charge in [-0.3, -0.25) is 14.4 Å². The molecule has 0 unspecified atom stereocenters. The normalized spacial score (nSPS) is 10.3. The number of amides is 3. The molecule has 0 bridgehead atoms. The summed E-state index contributed by atoms with van der Waals surface area (Å²) < 4.78 is 0. The summed E-state index contributed by atoms with van der Waals surface area (Å²) in [6, 6.07) is 10.1. The third-order valence-electron chi connectivity index (χ3n) is 3.01. The average molecular weight is 345 g/mol. The SMILES string of the molecule is CC(C)NC(=O)CNC(=O)c1ccc(NC(=O)c2cccs2)cc1. The molecule has 7 heteroatoms. The first kappa shape index (κ1) is 17.7. The first-order valence-electron chi connectivity index (χ1n) is 7.48. The molecule has 0 aliphatic heterocycles. The minimum atomic E-state index is -0.343. The summed E-state index contributed by atoms with van der Waals surface area (Å²) in [5, 5.41) is 9.83. The van der Waals surface area contributed by atoms with E-state index in [-0.39, 0.29) is 30.3 Å². The number of nitrogens with one attached hydrogen (secondary N) is 3. The Morgan fingerprint density at radius 3 is 2.33 bits per heavy atom. The third-order valence-corrected chi connectivity index (χ3v) is 3.88. The number of hydrogen-bond donors (Lipinski definition) is 3. The quantitative estimate of drug-likeness (QED) is 0.750.